The summed E-state index contributed by atoms with van der Waals surface area (Å²) in [7, 11) is 0. The molecule has 2 unspecified atom stereocenters. The normalized spacial score (nSPS) is 20.7. The number of hydrogen-bond acceptors (Lipinski definition) is 3. The van der Waals surface area contributed by atoms with Gasteiger partial charge in [0.15, 0.2) is 0 Å². The van der Waals surface area contributed by atoms with E-state index < -0.39 is 0 Å². The van der Waals surface area contributed by atoms with E-state index in [1.165, 1.54) is 5.56 Å². The third-order valence-electron chi connectivity index (χ3n) is 3.44. The molecule has 1 heterocycles. The monoisotopic (exact) mass is 262 g/mol. The molecule has 0 aromatic heterocycles. The molecule has 0 spiro atoms. The van der Waals surface area contributed by atoms with Crippen molar-refractivity contribution in [3.63, 3.8) is 0 Å². The second-order valence-corrected chi connectivity index (χ2v) is 4.93. The van der Waals surface area contributed by atoms with Crippen LogP contribution in [0.1, 0.15) is 38.3 Å². The van der Waals surface area contributed by atoms with E-state index in [2.05, 4.69) is 29.7 Å². The van der Waals surface area contributed by atoms with Gasteiger partial charge >= 0.3 is 0 Å². The van der Waals surface area contributed by atoms with Crippen molar-refractivity contribution in [2.24, 2.45) is 0 Å². The maximum absolute atomic E-state index is 11.1. The molecular weight excluding hydrogens is 240 g/mol. The highest BCUT2D eigenvalue weighted by atomic mass is 16.5. The minimum absolute atomic E-state index is 0.159. The summed E-state index contributed by atoms with van der Waals surface area (Å²) in [5.41, 5.74) is 1.24. The molecule has 2 rings (SSSR count). The van der Waals surface area contributed by atoms with Gasteiger partial charge in [-0.15, -0.1) is 0 Å². The lowest BCUT2D eigenvalue weighted by Crippen LogP contribution is -2.46. The van der Waals surface area contributed by atoms with E-state index in [9.17, 15) is 4.79 Å². The van der Waals surface area contributed by atoms with Crippen molar-refractivity contribution >= 4 is 5.91 Å². The minimum atomic E-state index is 0.159. The summed E-state index contributed by atoms with van der Waals surface area (Å²) in [5.74, 6) is 1.06. The van der Waals surface area contributed by atoms with Crippen LogP contribution in [0.3, 0.4) is 0 Å². The fourth-order valence-electron chi connectivity index (χ4n) is 2.34. The predicted octanol–water partition coefficient (Wildman–Crippen LogP) is 2.01. The van der Waals surface area contributed by atoms with Crippen molar-refractivity contribution in [3.8, 4) is 5.75 Å². The molecule has 2 N–H and O–H groups in total. The number of amides is 1. The molecule has 1 aromatic carbocycles. The van der Waals surface area contributed by atoms with Gasteiger partial charge in [-0.2, -0.15) is 0 Å². The van der Waals surface area contributed by atoms with E-state index >= 15 is 0 Å². The molecular formula is C15H22N2O2. The highest BCUT2D eigenvalue weighted by Crippen LogP contribution is 2.19. The highest BCUT2D eigenvalue weighted by molar-refractivity contribution is 5.76. The molecule has 1 amide bonds. The summed E-state index contributed by atoms with van der Waals surface area (Å²) in [6.07, 6.45) is 1.53. The summed E-state index contributed by atoms with van der Waals surface area (Å²) in [6, 6.07) is 8.81. The van der Waals surface area contributed by atoms with Crippen LogP contribution < -0.4 is 15.4 Å². The Hall–Kier alpha value is -1.55. The summed E-state index contributed by atoms with van der Waals surface area (Å²) < 4.78 is 5.43. The lowest BCUT2D eigenvalue weighted by atomic mass is 10.0. The van der Waals surface area contributed by atoms with E-state index in [0.717, 1.165) is 18.7 Å². The van der Waals surface area contributed by atoms with Crippen LogP contribution >= 0.6 is 0 Å². The maximum Gasteiger partial charge on any atom is 0.220 e. The number of carbonyl (C=O) groups is 1. The van der Waals surface area contributed by atoms with Crippen LogP contribution in [-0.2, 0) is 4.79 Å². The van der Waals surface area contributed by atoms with Gasteiger partial charge in [0.05, 0.1) is 6.61 Å². The molecule has 2 atom stereocenters. The predicted molar refractivity (Wildman–Crippen MR) is 75.2 cm³/mol. The van der Waals surface area contributed by atoms with Crippen LogP contribution in [0.4, 0.5) is 0 Å². The van der Waals surface area contributed by atoms with E-state index in [4.69, 9.17) is 4.74 Å². The fourth-order valence-corrected chi connectivity index (χ4v) is 2.34. The van der Waals surface area contributed by atoms with Gasteiger partial charge in [0.1, 0.15) is 5.75 Å². The number of benzene rings is 1. The molecule has 104 valence electrons. The van der Waals surface area contributed by atoms with Gasteiger partial charge in [0.2, 0.25) is 5.91 Å². The molecule has 4 heteroatoms. The van der Waals surface area contributed by atoms with Crippen molar-refractivity contribution in [2.45, 2.75) is 38.8 Å². The second-order valence-electron chi connectivity index (χ2n) is 4.93. The lowest BCUT2D eigenvalue weighted by Gasteiger charge is -2.27. The number of hydrogen-bond donors (Lipinski definition) is 2. The van der Waals surface area contributed by atoms with Crippen molar-refractivity contribution in [2.75, 3.05) is 13.2 Å². The van der Waals surface area contributed by atoms with Gasteiger partial charge in [0, 0.05) is 25.0 Å². The Bertz CT molecular complexity index is 407. The van der Waals surface area contributed by atoms with Crippen LogP contribution in [0, 0.1) is 0 Å². The first-order valence-electron chi connectivity index (χ1n) is 6.94. The molecule has 0 radical (unpaired) electrons. The standard InChI is InChI=1S/C15H22N2O2/c1-3-19-14-7-4-12(5-8-14)11(2)17-13-6-9-15(18)16-10-13/h4-5,7-8,11,13,17H,3,6,9-10H2,1-2H3,(H,16,18). The van der Waals surface area contributed by atoms with Gasteiger partial charge in [-0.05, 0) is 38.0 Å². The van der Waals surface area contributed by atoms with Crippen LogP contribution in [0.15, 0.2) is 24.3 Å². The minimum Gasteiger partial charge on any atom is -0.494 e. The number of carbonyl (C=O) groups excluding carboxylic acids is 1. The second kappa shape index (κ2) is 6.57. The molecule has 0 saturated carbocycles. The van der Waals surface area contributed by atoms with Crippen LogP contribution in [-0.4, -0.2) is 25.1 Å². The Kier molecular flexibility index (Phi) is 4.80. The zero-order valence-corrected chi connectivity index (χ0v) is 11.6. The first kappa shape index (κ1) is 13.9. The Morgan fingerprint density at radius 3 is 2.74 bits per heavy atom. The quantitative estimate of drug-likeness (QED) is 0.853. The molecule has 19 heavy (non-hydrogen) atoms. The molecule has 1 aliphatic heterocycles. The average Bonchev–Trinajstić information content (AvgIpc) is 2.42. The smallest absolute Gasteiger partial charge is 0.220 e. The molecule has 1 fully saturated rings. The van der Waals surface area contributed by atoms with Gasteiger partial charge in [-0.1, -0.05) is 12.1 Å². The average molecular weight is 262 g/mol. The zero-order valence-electron chi connectivity index (χ0n) is 11.6. The Morgan fingerprint density at radius 2 is 2.16 bits per heavy atom. The Labute approximate surface area is 114 Å². The lowest BCUT2D eigenvalue weighted by molar-refractivity contribution is -0.122. The Balaban J connectivity index is 1.88. The van der Waals surface area contributed by atoms with E-state index in [-0.39, 0.29) is 11.9 Å². The summed E-state index contributed by atoms with van der Waals surface area (Å²) >= 11 is 0. The summed E-state index contributed by atoms with van der Waals surface area (Å²) in [4.78, 5) is 11.1. The van der Waals surface area contributed by atoms with Crippen LogP contribution in [0.25, 0.3) is 0 Å². The maximum atomic E-state index is 11.1. The molecule has 1 aliphatic rings. The largest absolute Gasteiger partial charge is 0.494 e. The topological polar surface area (TPSA) is 50.4 Å². The van der Waals surface area contributed by atoms with Gasteiger partial charge in [-0.25, -0.2) is 0 Å². The van der Waals surface area contributed by atoms with Gasteiger partial charge < -0.3 is 15.4 Å². The van der Waals surface area contributed by atoms with Crippen molar-refractivity contribution in [1.29, 1.82) is 0 Å². The van der Waals surface area contributed by atoms with Crippen LogP contribution in [0.2, 0.25) is 0 Å². The van der Waals surface area contributed by atoms with E-state index in [1.807, 2.05) is 19.1 Å². The molecule has 1 saturated heterocycles. The number of rotatable bonds is 5. The van der Waals surface area contributed by atoms with E-state index in [0.29, 0.717) is 19.1 Å². The number of piperidine rings is 1. The SMILES string of the molecule is CCOc1ccc(C(C)NC2CCC(=O)NC2)cc1. The van der Waals surface area contributed by atoms with Gasteiger partial charge in [-0.3, -0.25) is 4.79 Å². The highest BCUT2D eigenvalue weighted by Gasteiger charge is 2.19. The molecule has 0 bridgehead atoms. The molecule has 0 aliphatic carbocycles. The van der Waals surface area contributed by atoms with Crippen molar-refractivity contribution in [1.82, 2.24) is 10.6 Å². The van der Waals surface area contributed by atoms with Crippen LogP contribution in [0.5, 0.6) is 5.75 Å². The summed E-state index contributed by atoms with van der Waals surface area (Å²) in [6.45, 7) is 5.54. The number of ether oxygens (including phenoxy) is 1. The Morgan fingerprint density at radius 1 is 1.42 bits per heavy atom. The fraction of sp³-hybridized carbons (Fsp3) is 0.533. The third kappa shape index (κ3) is 3.96. The van der Waals surface area contributed by atoms with E-state index in [1.54, 1.807) is 0 Å². The third-order valence-corrected chi connectivity index (χ3v) is 3.44. The van der Waals surface area contributed by atoms with Gasteiger partial charge in [0.25, 0.3) is 0 Å². The molecule has 4 nitrogen and oxygen atoms in total. The van der Waals surface area contributed by atoms with Crippen molar-refractivity contribution < 1.29 is 9.53 Å². The number of nitrogens with one attached hydrogen (secondary N) is 2. The summed E-state index contributed by atoms with van der Waals surface area (Å²) in [5, 5.41) is 6.44. The first-order chi connectivity index (χ1) is 9.19. The zero-order chi connectivity index (χ0) is 13.7. The molecule has 1 aromatic rings. The first-order valence-corrected chi connectivity index (χ1v) is 6.94. The van der Waals surface area contributed by atoms with Crippen molar-refractivity contribution in [3.05, 3.63) is 29.8 Å².